The van der Waals surface area contributed by atoms with Gasteiger partial charge >= 0.3 is 0 Å². The average molecular weight is 311 g/mol. The summed E-state index contributed by atoms with van der Waals surface area (Å²) >= 11 is 0. The van der Waals surface area contributed by atoms with Crippen molar-refractivity contribution >= 4 is 10.8 Å². The lowest BCUT2D eigenvalue weighted by Gasteiger charge is -2.21. The molecule has 1 aromatic rings. The zero-order chi connectivity index (χ0) is 15.9. The predicted molar refractivity (Wildman–Crippen MR) is 91.3 cm³/mol. The Morgan fingerprint density at radius 3 is 2.33 bits per heavy atom. The summed E-state index contributed by atoms with van der Waals surface area (Å²) in [4.78, 5) is 0. The van der Waals surface area contributed by atoms with E-state index in [-0.39, 0.29) is 11.5 Å². The van der Waals surface area contributed by atoms with Crippen molar-refractivity contribution in [2.75, 3.05) is 32.3 Å². The van der Waals surface area contributed by atoms with Gasteiger partial charge in [-0.15, -0.1) is 0 Å². The largest absolute Gasteiger partial charge is 0.385 e. The van der Waals surface area contributed by atoms with Crippen LogP contribution in [0, 0.1) is 0 Å². The highest BCUT2D eigenvalue weighted by Gasteiger charge is 2.16. The normalized spacial score (nSPS) is 14.9. The molecule has 0 radical (unpaired) electrons. The van der Waals surface area contributed by atoms with Gasteiger partial charge in [0.1, 0.15) is 0 Å². The van der Waals surface area contributed by atoms with Gasteiger partial charge in [-0.2, -0.15) is 0 Å². The summed E-state index contributed by atoms with van der Waals surface area (Å²) in [5.74, 6) is 1.35. The van der Waals surface area contributed by atoms with Crippen LogP contribution in [0.5, 0.6) is 0 Å². The molecule has 0 amide bonds. The number of nitrogens with one attached hydrogen (secondary N) is 1. The molecule has 0 heterocycles. The molecule has 0 fully saturated rings. The standard InChI is InChI=1S/C17H29NO2S/c1-17(2,3)15-9-7-14(8-10-15)16(18-4)13-21(19)12-6-11-20-5/h7-10,16,18H,6,11-13H2,1-5H3. The van der Waals surface area contributed by atoms with E-state index < -0.39 is 10.8 Å². The zero-order valence-electron chi connectivity index (χ0n) is 13.9. The minimum atomic E-state index is -0.817. The van der Waals surface area contributed by atoms with Crippen LogP contribution in [0.3, 0.4) is 0 Å². The van der Waals surface area contributed by atoms with Crippen molar-refractivity contribution in [3.05, 3.63) is 35.4 Å². The van der Waals surface area contributed by atoms with E-state index >= 15 is 0 Å². The molecule has 2 unspecified atom stereocenters. The molecule has 0 bridgehead atoms. The maximum Gasteiger partial charge on any atom is 0.0471 e. The van der Waals surface area contributed by atoms with Crippen molar-refractivity contribution in [1.82, 2.24) is 5.32 Å². The fourth-order valence-corrected chi connectivity index (χ4v) is 3.53. The van der Waals surface area contributed by atoms with Crippen LogP contribution in [-0.2, 0) is 21.0 Å². The number of hydrogen-bond donors (Lipinski definition) is 1. The summed E-state index contributed by atoms with van der Waals surface area (Å²) in [6.07, 6.45) is 0.850. The first-order valence-corrected chi connectivity index (χ1v) is 8.99. The summed E-state index contributed by atoms with van der Waals surface area (Å²) in [5, 5.41) is 3.27. The third-order valence-corrected chi connectivity index (χ3v) is 5.05. The Hall–Kier alpha value is -0.710. The van der Waals surface area contributed by atoms with Crippen LogP contribution in [0.1, 0.15) is 44.4 Å². The van der Waals surface area contributed by atoms with E-state index in [1.165, 1.54) is 11.1 Å². The average Bonchev–Trinajstić information content (AvgIpc) is 2.44. The van der Waals surface area contributed by atoms with Gasteiger partial charge in [-0.05, 0) is 30.0 Å². The van der Waals surface area contributed by atoms with Gasteiger partial charge in [0.2, 0.25) is 0 Å². The summed E-state index contributed by atoms with van der Waals surface area (Å²) < 4.78 is 17.1. The lowest BCUT2D eigenvalue weighted by molar-refractivity contribution is 0.200. The minimum absolute atomic E-state index is 0.141. The van der Waals surface area contributed by atoms with E-state index in [1.54, 1.807) is 7.11 Å². The quantitative estimate of drug-likeness (QED) is 0.750. The molecule has 1 aromatic carbocycles. The van der Waals surface area contributed by atoms with E-state index in [4.69, 9.17) is 4.74 Å². The first-order valence-electron chi connectivity index (χ1n) is 7.50. The molecule has 4 heteroatoms. The van der Waals surface area contributed by atoms with Gasteiger partial charge in [0.05, 0.1) is 0 Å². The molecule has 21 heavy (non-hydrogen) atoms. The maximum absolute atomic E-state index is 12.1. The van der Waals surface area contributed by atoms with Gasteiger partial charge in [-0.1, -0.05) is 45.0 Å². The smallest absolute Gasteiger partial charge is 0.0471 e. The second-order valence-electron chi connectivity index (χ2n) is 6.37. The van der Waals surface area contributed by atoms with Gasteiger partial charge in [0, 0.05) is 42.1 Å². The molecule has 120 valence electrons. The fraction of sp³-hybridized carbons (Fsp3) is 0.647. The van der Waals surface area contributed by atoms with Gasteiger partial charge in [-0.25, -0.2) is 0 Å². The van der Waals surface area contributed by atoms with Gasteiger partial charge in [0.15, 0.2) is 0 Å². The molecule has 0 aromatic heterocycles. The second kappa shape index (κ2) is 8.66. The Labute approximate surface area is 131 Å². The highest BCUT2D eigenvalue weighted by molar-refractivity contribution is 7.85. The number of ether oxygens (including phenoxy) is 1. The van der Waals surface area contributed by atoms with Gasteiger partial charge < -0.3 is 10.1 Å². The number of hydrogen-bond acceptors (Lipinski definition) is 3. The van der Waals surface area contributed by atoms with E-state index in [2.05, 4.69) is 50.4 Å². The van der Waals surface area contributed by atoms with E-state index in [0.29, 0.717) is 18.1 Å². The van der Waals surface area contributed by atoms with E-state index in [9.17, 15) is 4.21 Å². The Morgan fingerprint density at radius 2 is 1.86 bits per heavy atom. The Kier molecular flexibility index (Phi) is 7.57. The predicted octanol–water partition coefficient (Wildman–Crippen LogP) is 3.03. The van der Waals surface area contributed by atoms with Gasteiger partial charge in [-0.3, -0.25) is 4.21 Å². The monoisotopic (exact) mass is 311 g/mol. The van der Waals surface area contributed by atoms with E-state index in [1.807, 2.05) is 7.05 Å². The molecule has 0 aliphatic heterocycles. The van der Waals surface area contributed by atoms with Crippen LogP contribution in [0.15, 0.2) is 24.3 Å². The van der Waals surface area contributed by atoms with E-state index in [0.717, 1.165) is 6.42 Å². The maximum atomic E-state index is 12.1. The molecule has 0 saturated carbocycles. The van der Waals surface area contributed by atoms with Crippen LogP contribution < -0.4 is 5.32 Å². The van der Waals surface area contributed by atoms with Crippen molar-refractivity contribution in [1.29, 1.82) is 0 Å². The summed E-state index contributed by atoms with van der Waals surface area (Å²) in [6.45, 7) is 7.31. The topological polar surface area (TPSA) is 38.3 Å². The SMILES string of the molecule is CNC(CS(=O)CCCOC)c1ccc(C(C)(C)C)cc1. The molecule has 2 atom stereocenters. The van der Waals surface area contributed by atoms with Crippen molar-refractivity contribution in [2.45, 2.75) is 38.6 Å². The van der Waals surface area contributed by atoms with Gasteiger partial charge in [0.25, 0.3) is 0 Å². The van der Waals surface area contributed by atoms with Crippen molar-refractivity contribution in [3.63, 3.8) is 0 Å². The number of rotatable bonds is 8. The van der Waals surface area contributed by atoms with Crippen molar-refractivity contribution in [3.8, 4) is 0 Å². The number of benzene rings is 1. The van der Waals surface area contributed by atoms with Crippen molar-refractivity contribution in [2.24, 2.45) is 0 Å². The van der Waals surface area contributed by atoms with Crippen LogP contribution in [0.2, 0.25) is 0 Å². The molecule has 3 nitrogen and oxygen atoms in total. The fourth-order valence-electron chi connectivity index (χ4n) is 2.20. The highest BCUT2D eigenvalue weighted by atomic mass is 32.2. The molecule has 0 saturated heterocycles. The third-order valence-electron chi connectivity index (χ3n) is 3.60. The molecular weight excluding hydrogens is 282 g/mol. The Balaban J connectivity index is 2.65. The molecule has 1 N–H and O–H groups in total. The summed E-state index contributed by atoms with van der Waals surface area (Å²) in [7, 11) is 2.79. The lowest BCUT2D eigenvalue weighted by Crippen LogP contribution is -2.24. The van der Waals surface area contributed by atoms with Crippen LogP contribution in [0.25, 0.3) is 0 Å². The second-order valence-corrected chi connectivity index (χ2v) is 7.99. The molecule has 0 aliphatic carbocycles. The molecule has 0 aliphatic rings. The summed E-state index contributed by atoms with van der Waals surface area (Å²) in [5.41, 5.74) is 2.68. The van der Waals surface area contributed by atoms with Crippen LogP contribution in [-0.4, -0.2) is 36.5 Å². The lowest BCUT2D eigenvalue weighted by atomic mass is 9.86. The first kappa shape index (κ1) is 18.3. The van der Waals surface area contributed by atoms with Crippen molar-refractivity contribution < 1.29 is 8.95 Å². The minimum Gasteiger partial charge on any atom is -0.385 e. The summed E-state index contributed by atoms with van der Waals surface area (Å²) in [6, 6.07) is 8.78. The first-order chi connectivity index (χ1) is 9.88. The third kappa shape index (κ3) is 6.29. The zero-order valence-corrected chi connectivity index (χ0v) is 14.8. The van der Waals surface area contributed by atoms with Crippen LogP contribution in [0.4, 0.5) is 0 Å². The molecule has 1 rings (SSSR count). The Bertz CT molecular complexity index is 437. The Morgan fingerprint density at radius 1 is 1.24 bits per heavy atom. The molecular formula is C17H29NO2S. The molecule has 0 spiro atoms. The number of methoxy groups -OCH3 is 1. The van der Waals surface area contributed by atoms with Crippen LogP contribution >= 0.6 is 0 Å². The highest BCUT2D eigenvalue weighted by Crippen LogP contribution is 2.24.